The maximum absolute atomic E-state index is 13.4. The molecule has 0 aliphatic carbocycles. The van der Waals surface area contributed by atoms with Gasteiger partial charge in [0.05, 0.1) is 34.1 Å². The normalized spacial score (nSPS) is 11.6. The average molecular weight is 423 g/mol. The van der Waals surface area contributed by atoms with Gasteiger partial charge < -0.3 is 9.55 Å². The first-order valence-electron chi connectivity index (χ1n) is 10.2. The molecule has 32 heavy (non-hydrogen) atoms. The van der Waals surface area contributed by atoms with Crippen molar-refractivity contribution >= 4 is 22.1 Å². The van der Waals surface area contributed by atoms with Gasteiger partial charge in [0.2, 0.25) is 0 Å². The van der Waals surface area contributed by atoms with Crippen molar-refractivity contribution in [2.24, 2.45) is 7.05 Å². The van der Waals surface area contributed by atoms with Gasteiger partial charge in [-0.3, -0.25) is 5.10 Å². The van der Waals surface area contributed by atoms with E-state index in [1.807, 2.05) is 55.1 Å². The number of H-pyrrole nitrogens is 2. The first-order valence-corrected chi connectivity index (χ1v) is 10.2. The van der Waals surface area contributed by atoms with Gasteiger partial charge in [-0.05, 0) is 42.8 Å². The van der Waals surface area contributed by atoms with Gasteiger partial charge in [0, 0.05) is 12.6 Å². The molecule has 0 radical (unpaired) electrons. The van der Waals surface area contributed by atoms with Crippen LogP contribution in [0.1, 0.15) is 5.82 Å². The van der Waals surface area contributed by atoms with Crippen LogP contribution in [0.5, 0.6) is 0 Å². The lowest BCUT2D eigenvalue weighted by Gasteiger charge is -2.03. The smallest absolute Gasteiger partial charge is 0.161 e. The Hall–Kier alpha value is -4.33. The van der Waals surface area contributed by atoms with Gasteiger partial charge in [-0.15, -0.1) is 0 Å². The predicted octanol–water partition coefficient (Wildman–Crippen LogP) is 5.02. The summed E-state index contributed by atoms with van der Waals surface area (Å²) in [6.45, 7) is 1.96. The second kappa shape index (κ2) is 6.84. The van der Waals surface area contributed by atoms with E-state index in [0.29, 0.717) is 11.5 Å². The minimum absolute atomic E-state index is 0.267. The first-order chi connectivity index (χ1) is 15.6. The Balaban J connectivity index is 1.51. The molecule has 4 aromatic heterocycles. The molecule has 2 N–H and O–H groups in total. The molecule has 0 spiro atoms. The lowest BCUT2D eigenvalue weighted by molar-refractivity contribution is 0.628. The van der Waals surface area contributed by atoms with Crippen molar-refractivity contribution in [1.82, 2.24) is 34.7 Å². The van der Waals surface area contributed by atoms with E-state index in [0.717, 1.165) is 50.4 Å². The second-order valence-corrected chi connectivity index (χ2v) is 7.71. The molecule has 6 rings (SSSR count). The summed E-state index contributed by atoms with van der Waals surface area (Å²) in [5.41, 5.74) is 7.41. The van der Waals surface area contributed by atoms with Crippen molar-refractivity contribution < 1.29 is 4.39 Å². The van der Waals surface area contributed by atoms with Crippen LogP contribution >= 0.6 is 0 Å². The highest BCUT2D eigenvalue weighted by Gasteiger charge is 2.17. The summed E-state index contributed by atoms with van der Waals surface area (Å²) in [5, 5.41) is 7.53. The Bertz CT molecular complexity index is 1610. The maximum atomic E-state index is 13.4. The fourth-order valence-electron chi connectivity index (χ4n) is 3.95. The zero-order chi connectivity index (χ0) is 21.8. The number of hydrogen-bond acceptors (Lipinski definition) is 4. The van der Waals surface area contributed by atoms with Crippen LogP contribution in [-0.4, -0.2) is 34.7 Å². The Morgan fingerprint density at radius 3 is 2.53 bits per heavy atom. The Morgan fingerprint density at radius 2 is 1.75 bits per heavy atom. The Morgan fingerprint density at radius 1 is 0.906 bits per heavy atom. The van der Waals surface area contributed by atoms with Crippen LogP contribution in [-0.2, 0) is 7.05 Å². The molecule has 0 unspecified atom stereocenters. The first kappa shape index (κ1) is 18.4. The number of imidazole rings is 2. The predicted molar refractivity (Wildman–Crippen MR) is 121 cm³/mol. The molecule has 0 aliphatic rings. The zero-order valence-corrected chi connectivity index (χ0v) is 17.4. The summed E-state index contributed by atoms with van der Waals surface area (Å²) < 4.78 is 15.4. The fraction of sp³-hybridized carbons (Fsp3) is 0.0833. The molecule has 6 aromatic rings. The highest BCUT2D eigenvalue weighted by Crippen LogP contribution is 2.32. The summed E-state index contributed by atoms with van der Waals surface area (Å²) in [5.74, 6) is 1.27. The van der Waals surface area contributed by atoms with E-state index in [2.05, 4.69) is 20.2 Å². The Kier molecular flexibility index (Phi) is 3.94. The van der Waals surface area contributed by atoms with Crippen LogP contribution in [0.15, 0.2) is 60.8 Å². The van der Waals surface area contributed by atoms with E-state index in [1.54, 1.807) is 12.1 Å². The van der Waals surface area contributed by atoms with Crippen LogP contribution in [0.25, 0.3) is 56.1 Å². The molecular formula is C24H18FN7. The number of rotatable bonds is 3. The fourth-order valence-corrected chi connectivity index (χ4v) is 3.95. The number of benzene rings is 2. The summed E-state index contributed by atoms with van der Waals surface area (Å²) in [6.07, 6.45) is 1.82. The summed E-state index contributed by atoms with van der Waals surface area (Å²) in [6, 6.07) is 16.2. The zero-order valence-electron chi connectivity index (χ0n) is 17.4. The minimum atomic E-state index is -0.267. The van der Waals surface area contributed by atoms with Gasteiger partial charge in [-0.1, -0.05) is 24.3 Å². The van der Waals surface area contributed by atoms with E-state index < -0.39 is 0 Å². The number of hydrogen-bond donors (Lipinski definition) is 2. The molecule has 0 amide bonds. The van der Waals surface area contributed by atoms with Crippen molar-refractivity contribution in [1.29, 1.82) is 0 Å². The van der Waals surface area contributed by atoms with E-state index >= 15 is 0 Å². The molecule has 0 fully saturated rings. The molecule has 0 atom stereocenters. The number of halogens is 1. The number of para-hydroxylation sites is 1. The van der Waals surface area contributed by atoms with Gasteiger partial charge in [-0.2, -0.15) is 5.10 Å². The van der Waals surface area contributed by atoms with E-state index in [-0.39, 0.29) is 5.82 Å². The van der Waals surface area contributed by atoms with Gasteiger partial charge in [0.15, 0.2) is 11.5 Å². The lowest BCUT2D eigenvalue weighted by Crippen LogP contribution is -1.96. The monoisotopic (exact) mass is 423 g/mol. The molecule has 0 bridgehead atoms. The third-order valence-corrected chi connectivity index (χ3v) is 5.78. The number of aromatic amines is 2. The highest BCUT2D eigenvalue weighted by molar-refractivity contribution is 5.96. The summed E-state index contributed by atoms with van der Waals surface area (Å²) >= 11 is 0. The number of nitrogens with zero attached hydrogens (tertiary/aromatic N) is 5. The van der Waals surface area contributed by atoms with Gasteiger partial charge >= 0.3 is 0 Å². The highest BCUT2D eigenvalue weighted by atomic mass is 19.1. The number of aryl methyl sites for hydroxylation is 1. The molecule has 2 aromatic carbocycles. The number of pyridine rings is 1. The van der Waals surface area contributed by atoms with Crippen molar-refractivity contribution in [3.8, 4) is 34.0 Å². The van der Waals surface area contributed by atoms with Gasteiger partial charge in [0.25, 0.3) is 0 Å². The second-order valence-electron chi connectivity index (χ2n) is 7.71. The number of fused-ring (bicyclic) bond motifs is 2. The molecule has 4 heterocycles. The minimum Gasteiger partial charge on any atom is -0.336 e. The van der Waals surface area contributed by atoms with Crippen LogP contribution in [0.4, 0.5) is 4.39 Å². The number of nitrogens with one attached hydrogen (secondary N) is 2. The third-order valence-electron chi connectivity index (χ3n) is 5.78. The maximum Gasteiger partial charge on any atom is 0.161 e. The third kappa shape index (κ3) is 2.80. The molecular weight excluding hydrogens is 405 g/mol. The summed E-state index contributed by atoms with van der Waals surface area (Å²) in [4.78, 5) is 17.4. The van der Waals surface area contributed by atoms with Crippen molar-refractivity contribution in [3.05, 3.63) is 72.4 Å². The summed E-state index contributed by atoms with van der Waals surface area (Å²) in [7, 11) is 1.97. The van der Waals surface area contributed by atoms with Crippen LogP contribution in [0.3, 0.4) is 0 Å². The molecule has 0 aliphatic heterocycles. The average Bonchev–Trinajstić information content (AvgIpc) is 3.50. The van der Waals surface area contributed by atoms with Crippen molar-refractivity contribution in [2.45, 2.75) is 6.92 Å². The van der Waals surface area contributed by atoms with Gasteiger partial charge in [0.1, 0.15) is 17.2 Å². The van der Waals surface area contributed by atoms with E-state index in [1.165, 1.54) is 12.1 Å². The molecule has 0 saturated carbocycles. The SMILES string of the molecule is Cc1ncc(-c2ccc3[nH]nc(-c4nc5c(-c6ccc(F)cc6)cccc5[nH]4)c3n2)n1C. The molecule has 8 heteroatoms. The lowest BCUT2D eigenvalue weighted by atomic mass is 10.0. The quantitative estimate of drug-likeness (QED) is 0.419. The standard InChI is InChI=1S/C24H18FN7/c1-13-26-12-20(32(13)2)17-10-11-19-22(27-17)23(31-30-19)24-28-18-5-3-4-16(21(18)29-24)14-6-8-15(25)9-7-14/h3-12H,1-2H3,(H,28,29)(H,30,31). The molecule has 0 saturated heterocycles. The van der Waals surface area contributed by atoms with E-state index in [9.17, 15) is 4.39 Å². The van der Waals surface area contributed by atoms with Crippen LogP contribution in [0, 0.1) is 12.7 Å². The van der Waals surface area contributed by atoms with Crippen molar-refractivity contribution in [3.63, 3.8) is 0 Å². The van der Waals surface area contributed by atoms with Crippen molar-refractivity contribution in [2.75, 3.05) is 0 Å². The molecule has 7 nitrogen and oxygen atoms in total. The van der Waals surface area contributed by atoms with E-state index in [4.69, 9.17) is 9.97 Å². The topological polar surface area (TPSA) is 88.1 Å². The Labute approximate surface area is 182 Å². The van der Waals surface area contributed by atoms with Gasteiger partial charge in [-0.25, -0.2) is 19.3 Å². The molecule has 156 valence electrons. The number of aromatic nitrogens is 7. The van der Waals surface area contributed by atoms with Crippen LogP contribution < -0.4 is 0 Å². The largest absolute Gasteiger partial charge is 0.336 e. The van der Waals surface area contributed by atoms with Crippen LogP contribution in [0.2, 0.25) is 0 Å².